The van der Waals surface area contributed by atoms with Crippen molar-refractivity contribution in [3.05, 3.63) is 58.3 Å². The SMILES string of the molecule is O=C(COc1cc(Cl)cc(Cl)c1)NC(=O)Nc1ccccc1F. The Labute approximate surface area is 141 Å². The smallest absolute Gasteiger partial charge is 0.326 e. The van der Waals surface area contributed by atoms with Crippen molar-refractivity contribution >= 4 is 40.8 Å². The number of hydrogen-bond acceptors (Lipinski definition) is 3. The van der Waals surface area contributed by atoms with Gasteiger partial charge in [-0.1, -0.05) is 35.3 Å². The molecule has 2 rings (SSSR count). The summed E-state index contributed by atoms with van der Waals surface area (Å²) in [7, 11) is 0. The van der Waals surface area contributed by atoms with E-state index in [0.717, 1.165) is 0 Å². The molecule has 0 atom stereocenters. The van der Waals surface area contributed by atoms with Gasteiger partial charge in [0.1, 0.15) is 11.6 Å². The van der Waals surface area contributed by atoms with E-state index in [1.54, 1.807) is 6.07 Å². The van der Waals surface area contributed by atoms with Crippen LogP contribution in [0.2, 0.25) is 10.0 Å². The molecule has 0 aromatic heterocycles. The van der Waals surface area contributed by atoms with Crippen molar-refractivity contribution in [3.8, 4) is 5.75 Å². The topological polar surface area (TPSA) is 67.4 Å². The molecule has 120 valence electrons. The molecule has 0 fully saturated rings. The average Bonchev–Trinajstić information content (AvgIpc) is 2.46. The Morgan fingerprint density at radius 1 is 1.09 bits per heavy atom. The summed E-state index contributed by atoms with van der Waals surface area (Å²) in [6, 6.07) is 9.17. The molecule has 2 aromatic rings. The monoisotopic (exact) mass is 356 g/mol. The number of halogens is 3. The molecule has 0 heterocycles. The highest BCUT2D eigenvalue weighted by molar-refractivity contribution is 6.34. The standard InChI is InChI=1S/C15H11Cl2FN2O3/c16-9-5-10(17)7-11(6-9)23-8-14(21)20-15(22)19-13-4-2-1-3-12(13)18/h1-7H,8H2,(H2,19,20,21,22). The molecule has 0 unspecified atom stereocenters. The highest BCUT2D eigenvalue weighted by Crippen LogP contribution is 2.24. The second-order valence-corrected chi connectivity index (χ2v) is 5.25. The first-order valence-electron chi connectivity index (χ1n) is 6.38. The molecule has 2 N–H and O–H groups in total. The second kappa shape index (κ2) is 7.80. The van der Waals surface area contributed by atoms with Crippen molar-refractivity contribution < 1.29 is 18.7 Å². The maximum Gasteiger partial charge on any atom is 0.326 e. The number of benzene rings is 2. The summed E-state index contributed by atoms with van der Waals surface area (Å²) in [5.74, 6) is -1.04. The van der Waals surface area contributed by atoms with Crippen molar-refractivity contribution in [2.75, 3.05) is 11.9 Å². The average molecular weight is 357 g/mol. The summed E-state index contributed by atoms with van der Waals surface area (Å²) in [5, 5.41) is 4.93. The molecule has 0 spiro atoms. The van der Waals surface area contributed by atoms with Gasteiger partial charge in [0.2, 0.25) is 0 Å². The van der Waals surface area contributed by atoms with Crippen LogP contribution in [-0.2, 0) is 4.79 Å². The fourth-order valence-corrected chi connectivity index (χ4v) is 2.15. The minimum atomic E-state index is -0.868. The van der Waals surface area contributed by atoms with E-state index in [1.165, 1.54) is 36.4 Å². The van der Waals surface area contributed by atoms with Crippen LogP contribution in [0.15, 0.2) is 42.5 Å². The van der Waals surface area contributed by atoms with Crippen LogP contribution in [0.1, 0.15) is 0 Å². The molecule has 0 saturated carbocycles. The van der Waals surface area contributed by atoms with Gasteiger partial charge in [0.15, 0.2) is 6.61 Å². The predicted molar refractivity (Wildman–Crippen MR) is 85.5 cm³/mol. The maximum absolute atomic E-state index is 13.4. The van der Waals surface area contributed by atoms with E-state index in [9.17, 15) is 14.0 Å². The zero-order valence-electron chi connectivity index (χ0n) is 11.6. The van der Waals surface area contributed by atoms with Crippen LogP contribution in [0.25, 0.3) is 0 Å². The van der Waals surface area contributed by atoms with E-state index in [-0.39, 0.29) is 11.4 Å². The number of hydrogen-bond donors (Lipinski definition) is 2. The van der Waals surface area contributed by atoms with Gasteiger partial charge < -0.3 is 10.1 Å². The van der Waals surface area contributed by atoms with E-state index in [0.29, 0.717) is 10.0 Å². The Hall–Kier alpha value is -2.31. The Kier molecular flexibility index (Phi) is 5.78. The Morgan fingerprint density at radius 3 is 2.39 bits per heavy atom. The lowest BCUT2D eigenvalue weighted by Crippen LogP contribution is -2.37. The molecule has 5 nitrogen and oxygen atoms in total. The van der Waals surface area contributed by atoms with Crippen molar-refractivity contribution in [1.82, 2.24) is 5.32 Å². The zero-order chi connectivity index (χ0) is 16.8. The molecular weight excluding hydrogens is 346 g/mol. The number of nitrogens with one attached hydrogen (secondary N) is 2. The highest BCUT2D eigenvalue weighted by atomic mass is 35.5. The lowest BCUT2D eigenvalue weighted by Gasteiger charge is -2.09. The number of ether oxygens (including phenoxy) is 1. The number of imide groups is 1. The summed E-state index contributed by atoms with van der Waals surface area (Å²) >= 11 is 11.6. The van der Waals surface area contributed by atoms with Gasteiger partial charge in [-0.3, -0.25) is 10.1 Å². The van der Waals surface area contributed by atoms with Gasteiger partial charge >= 0.3 is 6.03 Å². The summed E-state index contributed by atoms with van der Waals surface area (Å²) < 4.78 is 18.5. The van der Waals surface area contributed by atoms with E-state index in [2.05, 4.69) is 5.32 Å². The number of amides is 3. The minimum Gasteiger partial charge on any atom is -0.484 e. The molecule has 23 heavy (non-hydrogen) atoms. The third-order valence-corrected chi connectivity index (χ3v) is 3.02. The van der Waals surface area contributed by atoms with Gasteiger partial charge in [-0.2, -0.15) is 0 Å². The molecule has 2 aromatic carbocycles. The normalized spacial score (nSPS) is 10.0. The Bertz CT molecular complexity index is 720. The van der Waals surface area contributed by atoms with Crippen molar-refractivity contribution in [2.24, 2.45) is 0 Å². The van der Waals surface area contributed by atoms with Crippen molar-refractivity contribution in [2.45, 2.75) is 0 Å². The number of para-hydroxylation sites is 1. The molecule has 8 heteroatoms. The number of carbonyl (C=O) groups is 2. The Balaban J connectivity index is 1.84. The van der Waals surface area contributed by atoms with E-state index in [1.807, 2.05) is 5.32 Å². The highest BCUT2D eigenvalue weighted by Gasteiger charge is 2.11. The largest absolute Gasteiger partial charge is 0.484 e. The summed E-state index contributed by atoms with van der Waals surface area (Å²) in [4.78, 5) is 23.2. The lowest BCUT2D eigenvalue weighted by molar-refractivity contribution is -0.121. The van der Waals surface area contributed by atoms with Gasteiger partial charge in [-0.25, -0.2) is 9.18 Å². The van der Waals surface area contributed by atoms with Crippen molar-refractivity contribution in [1.29, 1.82) is 0 Å². The van der Waals surface area contributed by atoms with Gasteiger partial charge in [0.05, 0.1) is 5.69 Å². The van der Waals surface area contributed by atoms with Crippen LogP contribution in [0, 0.1) is 5.82 Å². The van der Waals surface area contributed by atoms with Crippen LogP contribution >= 0.6 is 23.2 Å². The first kappa shape index (κ1) is 17.1. The summed E-state index contributed by atoms with van der Waals surface area (Å²) in [6.45, 7) is -0.429. The quantitative estimate of drug-likeness (QED) is 0.873. The van der Waals surface area contributed by atoms with Crippen LogP contribution in [-0.4, -0.2) is 18.5 Å². The number of rotatable bonds is 4. The van der Waals surface area contributed by atoms with E-state index < -0.39 is 24.4 Å². The molecule has 0 bridgehead atoms. The molecule has 0 saturated heterocycles. The molecule has 3 amide bonds. The molecule has 0 aliphatic heterocycles. The first-order chi connectivity index (χ1) is 10.9. The summed E-state index contributed by atoms with van der Waals surface area (Å²) in [5.41, 5.74) is -0.0414. The molecule has 0 radical (unpaired) electrons. The third-order valence-electron chi connectivity index (χ3n) is 2.58. The van der Waals surface area contributed by atoms with Crippen LogP contribution in [0.3, 0.4) is 0 Å². The predicted octanol–water partition coefficient (Wildman–Crippen LogP) is 3.86. The molecule has 0 aliphatic carbocycles. The number of carbonyl (C=O) groups excluding carboxylic acids is 2. The van der Waals surface area contributed by atoms with Crippen molar-refractivity contribution in [3.63, 3.8) is 0 Å². The second-order valence-electron chi connectivity index (χ2n) is 4.38. The van der Waals surface area contributed by atoms with Crippen LogP contribution < -0.4 is 15.4 Å². The number of urea groups is 1. The molecule has 0 aliphatic rings. The zero-order valence-corrected chi connectivity index (χ0v) is 13.1. The van der Waals surface area contributed by atoms with Gasteiger partial charge in [0, 0.05) is 10.0 Å². The first-order valence-corrected chi connectivity index (χ1v) is 7.14. The van der Waals surface area contributed by atoms with Gasteiger partial charge in [0.25, 0.3) is 5.91 Å². The lowest BCUT2D eigenvalue weighted by atomic mass is 10.3. The molecular formula is C15H11Cl2FN2O3. The van der Waals surface area contributed by atoms with Crippen LogP contribution in [0.4, 0.5) is 14.9 Å². The summed E-state index contributed by atoms with van der Waals surface area (Å²) in [6.07, 6.45) is 0. The fourth-order valence-electron chi connectivity index (χ4n) is 1.64. The Morgan fingerprint density at radius 2 is 1.74 bits per heavy atom. The third kappa shape index (κ3) is 5.43. The maximum atomic E-state index is 13.4. The van der Waals surface area contributed by atoms with E-state index >= 15 is 0 Å². The van der Waals surface area contributed by atoms with Crippen LogP contribution in [0.5, 0.6) is 5.75 Å². The fraction of sp³-hybridized carbons (Fsp3) is 0.0667. The van der Waals surface area contributed by atoms with Gasteiger partial charge in [-0.05, 0) is 30.3 Å². The minimum absolute atomic E-state index is 0.0414. The van der Waals surface area contributed by atoms with Gasteiger partial charge in [-0.15, -0.1) is 0 Å². The van der Waals surface area contributed by atoms with E-state index in [4.69, 9.17) is 27.9 Å². The number of anilines is 1.